The Labute approximate surface area is 112 Å². The molecule has 19 heavy (non-hydrogen) atoms. The molecular weight excluding hydrogens is 236 g/mol. The van der Waals surface area contributed by atoms with Crippen molar-refractivity contribution in [3.05, 3.63) is 52.6 Å². The van der Waals surface area contributed by atoms with E-state index in [4.69, 9.17) is 10.5 Å². The van der Waals surface area contributed by atoms with Crippen molar-refractivity contribution in [1.29, 1.82) is 10.5 Å². The molecule has 0 bridgehead atoms. The molecule has 0 fully saturated rings. The fourth-order valence-electron chi connectivity index (χ4n) is 2.20. The number of hydrogen-bond donors (Lipinski definition) is 0. The number of fused-ring (bicyclic) bond motifs is 1. The summed E-state index contributed by atoms with van der Waals surface area (Å²) in [6.45, 7) is 3.92. The zero-order valence-electron chi connectivity index (χ0n) is 10.8. The fraction of sp³-hybridized carbons (Fsp3) is 0.188. The van der Waals surface area contributed by atoms with E-state index in [2.05, 4.69) is 0 Å². The summed E-state index contributed by atoms with van der Waals surface area (Å²) in [4.78, 5) is 12.4. The highest BCUT2D eigenvalue weighted by molar-refractivity contribution is 6.27. The lowest BCUT2D eigenvalue weighted by atomic mass is 9.97. The minimum Gasteiger partial charge on any atom is -0.289 e. The van der Waals surface area contributed by atoms with E-state index < -0.39 is 0 Å². The maximum Gasteiger partial charge on any atom is 0.194 e. The minimum atomic E-state index is -0.109. The number of nitriles is 2. The summed E-state index contributed by atoms with van der Waals surface area (Å²) in [5, 5.41) is 18.2. The number of ketones is 1. The quantitative estimate of drug-likeness (QED) is 0.566. The predicted octanol–water partition coefficient (Wildman–Crippen LogP) is 3.27. The summed E-state index contributed by atoms with van der Waals surface area (Å²) in [7, 11) is 0. The first kappa shape index (κ1) is 12.8. The minimum absolute atomic E-state index is 0.00907. The van der Waals surface area contributed by atoms with Crippen LogP contribution in [0.1, 0.15) is 29.8 Å². The predicted molar refractivity (Wildman–Crippen MR) is 71.8 cm³/mol. The molecule has 0 unspecified atom stereocenters. The molecule has 2 rings (SSSR count). The summed E-state index contributed by atoms with van der Waals surface area (Å²) >= 11 is 0. The molecule has 0 aromatic heterocycles. The van der Waals surface area contributed by atoms with E-state index in [1.165, 1.54) is 0 Å². The molecule has 0 heterocycles. The Morgan fingerprint density at radius 2 is 1.74 bits per heavy atom. The van der Waals surface area contributed by atoms with E-state index in [1.54, 1.807) is 24.3 Å². The van der Waals surface area contributed by atoms with E-state index in [9.17, 15) is 4.79 Å². The number of carbonyl (C=O) groups excluding carboxylic acids is 1. The Bertz CT molecular complexity index is 678. The van der Waals surface area contributed by atoms with Gasteiger partial charge in [-0.3, -0.25) is 4.79 Å². The normalized spacial score (nSPS) is 15.3. The van der Waals surface area contributed by atoms with Gasteiger partial charge < -0.3 is 0 Å². The van der Waals surface area contributed by atoms with Crippen LogP contribution >= 0.6 is 0 Å². The van der Waals surface area contributed by atoms with Crippen LogP contribution in [0.2, 0.25) is 0 Å². The third kappa shape index (κ3) is 2.07. The molecule has 1 aromatic rings. The van der Waals surface area contributed by atoms with Gasteiger partial charge in [0.05, 0.1) is 0 Å². The second kappa shape index (κ2) is 4.92. The van der Waals surface area contributed by atoms with Gasteiger partial charge in [-0.1, -0.05) is 44.2 Å². The largest absolute Gasteiger partial charge is 0.289 e. The van der Waals surface area contributed by atoms with Gasteiger partial charge in [0.2, 0.25) is 0 Å². The SMILES string of the molecule is CC(C)/C=C1\C(=O)c2ccccc2C1=C(C#N)C#N. The van der Waals surface area contributed by atoms with E-state index in [0.717, 1.165) is 0 Å². The van der Waals surface area contributed by atoms with Crippen molar-refractivity contribution in [2.75, 3.05) is 0 Å². The van der Waals surface area contributed by atoms with Crippen LogP contribution in [0.15, 0.2) is 41.5 Å². The van der Waals surface area contributed by atoms with Crippen LogP contribution in [0.5, 0.6) is 0 Å². The molecule has 0 aliphatic heterocycles. The lowest BCUT2D eigenvalue weighted by Gasteiger charge is -2.03. The Balaban J connectivity index is 2.82. The monoisotopic (exact) mass is 248 g/mol. The number of benzene rings is 1. The van der Waals surface area contributed by atoms with Crippen molar-refractivity contribution >= 4 is 11.4 Å². The van der Waals surface area contributed by atoms with Gasteiger partial charge in [0.1, 0.15) is 17.7 Å². The van der Waals surface area contributed by atoms with Gasteiger partial charge in [0.15, 0.2) is 5.78 Å². The molecule has 3 heteroatoms. The number of rotatable bonds is 1. The third-order valence-electron chi connectivity index (χ3n) is 2.93. The number of Topliss-reactive ketones (excluding diaryl/α,β-unsaturated/α-hetero) is 1. The summed E-state index contributed by atoms with van der Waals surface area (Å²) in [5.41, 5.74) is 2.17. The van der Waals surface area contributed by atoms with Crippen LogP contribution < -0.4 is 0 Å². The first-order valence-electron chi connectivity index (χ1n) is 6.01. The number of allylic oxidation sites excluding steroid dienone is 4. The second-order valence-electron chi connectivity index (χ2n) is 4.67. The fourth-order valence-corrected chi connectivity index (χ4v) is 2.20. The van der Waals surface area contributed by atoms with Crippen LogP contribution in [-0.4, -0.2) is 5.78 Å². The topological polar surface area (TPSA) is 64.7 Å². The highest BCUT2D eigenvalue weighted by atomic mass is 16.1. The standard InChI is InChI=1S/C16H12N2O/c1-10(2)7-14-15(11(8-17)9-18)12-5-3-4-6-13(12)16(14)19/h3-7,10H,1-2H3/b14-7-. The lowest BCUT2D eigenvalue weighted by Crippen LogP contribution is -1.98. The summed E-state index contributed by atoms with van der Waals surface area (Å²) < 4.78 is 0. The molecule has 0 saturated carbocycles. The Hall–Kier alpha value is -2.65. The highest BCUT2D eigenvalue weighted by Crippen LogP contribution is 2.39. The summed E-state index contributed by atoms with van der Waals surface area (Å²) in [6.07, 6.45) is 1.81. The molecule has 3 nitrogen and oxygen atoms in total. The molecule has 1 aliphatic rings. The van der Waals surface area contributed by atoms with E-state index in [0.29, 0.717) is 22.3 Å². The second-order valence-corrected chi connectivity index (χ2v) is 4.67. The van der Waals surface area contributed by atoms with Crippen molar-refractivity contribution < 1.29 is 4.79 Å². The molecule has 0 saturated heterocycles. The molecule has 0 spiro atoms. The molecular formula is C16H12N2O. The van der Waals surface area contributed by atoms with Crippen LogP contribution in [0, 0.1) is 28.6 Å². The van der Waals surface area contributed by atoms with Gasteiger partial charge in [-0.05, 0) is 11.5 Å². The number of nitrogens with zero attached hydrogens (tertiary/aromatic N) is 2. The molecule has 1 aromatic carbocycles. The maximum absolute atomic E-state index is 12.4. The van der Waals surface area contributed by atoms with Crippen LogP contribution in [0.3, 0.4) is 0 Å². The number of hydrogen-bond acceptors (Lipinski definition) is 3. The maximum atomic E-state index is 12.4. The van der Waals surface area contributed by atoms with Crippen molar-refractivity contribution in [2.24, 2.45) is 5.92 Å². The summed E-state index contributed by atoms with van der Waals surface area (Å²) in [5.74, 6) is 0.0594. The van der Waals surface area contributed by atoms with Crippen LogP contribution in [-0.2, 0) is 0 Å². The van der Waals surface area contributed by atoms with Gasteiger partial charge >= 0.3 is 0 Å². The van der Waals surface area contributed by atoms with Crippen LogP contribution in [0.25, 0.3) is 5.57 Å². The van der Waals surface area contributed by atoms with Gasteiger partial charge in [0, 0.05) is 16.7 Å². The smallest absolute Gasteiger partial charge is 0.194 e. The Morgan fingerprint density at radius 1 is 1.16 bits per heavy atom. The van der Waals surface area contributed by atoms with Gasteiger partial charge in [-0.15, -0.1) is 0 Å². The van der Waals surface area contributed by atoms with Crippen molar-refractivity contribution in [3.8, 4) is 12.1 Å². The van der Waals surface area contributed by atoms with E-state index >= 15 is 0 Å². The molecule has 0 radical (unpaired) electrons. The van der Waals surface area contributed by atoms with Crippen LogP contribution in [0.4, 0.5) is 0 Å². The van der Waals surface area contributed by atoms with Crippen molar-refractivity contribution in [1.82, 2.24) is 0 Å². The first-order chi connectivity index (χ1) is 9.10. The van der Waals surface area contributed by atoms with Gasteiger partial charge in [-0.2, -0.15) is 10.5 Å². The molecule has 92 valence electrons. The molecule has 0 atom stereocenters. The summed E-state index contributed by atoms with van der Waals surface area (Å²) in [6, 6.07) is 10.9. The first-order valence-corrected chi connectivity index (χ1v) is 6.01. The van der Waals surface area contributed by atoms with E-state index in [1.807, 2.05) is 32.1 Å². The molecule has 0 N–H and O–H groups in total. The van der Waals surface area contributed by atoms with E-state index in [-0.39, 0.29) is 17.3 Å². The molecule has 1 aliphatic carbocycles. The Kier molecular flexibility index (Phi) is 3.31. The van der Waals surface area contributed by atoms with Gasteiger partial charge in [0.25, 0.3) is 0 Å². The average Bonchev–Trinajstić information content (AvgIpc) is 2.66. The molecule has 0 amide bonds. The highest BCUT2D eigenvalue weighted by Gasteiger charge is 2.31. The zero-order valence-corrected chi connectivity index (χ0v) is 10.8. The van der Waals surface area contributed by atoms with Crippen molar-refractivity contribution in [3.63, 3.8) is 0 Å². The average molecular weight is 248 g/mol. The van der Waals surface area contributed by atoms with Gasteiger partial charge in [-0.25, -0.2) is 0 Å². The van der Waals surface area contributed by atoms with Crippen molar-refractivity contribution in [2.45, 2.75) is 13.8 Å². The zero-order chi connectivity index (χ0) is 14.0. The lowest BCUT2D eigenvalue weighted by molar-refractivity contribution is 0.104. The Morgan fingerprint density at radius 3 is 2.26 bits per heavy atom. The number of carbonyl (C=O) groups is 1. The third-order valence-corrected chi connectivity index (χ3v) is 2.93.